The average molecular weight is 293 g/mol. The van der Waals surface area contributed by atoms with E-state index in [0.717, 1.165) is 38.3 Å². The minimum absolute atomic E-state index is 0.267. The molecule has 1 aliphatic heterocycles. The summed E-state index contributed by atoms with van der Waals surface area (Å²) in [5.41, 5.74) is 2.29. The Hall–Kier alpha value is -0.910. The molecule has 0 spiro atoms. The van der Waals surface area contributed by atoms with E-state index in [2.05, 4.69) is 27.7 Å². The molecule has 2 fully saturated rings. The summed E-state index contributed by atoms with van der Waals surface area (Å²) in [6, 6.07) is 2.11. The first kappa shape index (κ1) is 15.0. The topological polar surface area (TPSA) is 61.5 Å². The molecule has 1 aromatic rings. The number of likely N-dealkylation sites (tertiary alicyclic amines) is 1. The first-order chi connectivity index (χ1) is 10.1. The lowest BCUT2D eigenvalue weighted by atomic mass is 9.91. The maximum absolute atomic E-state index is 9.55. The molecule has 2 aliphatic rings. The van der Waals surface area contributed by atoms with Crippen LogP contribution in [-0.4, -0.2) is 57.7 Å². The smallest absolute Gasteiger partial charge is 0.0596 e. The van der Waals surface area contributed by atoms with Crippen LogP contribution in [0.5, 0.6) is 0 Å². The maximum Gasteiger partial charge on any atom is 0.0596 e. The minimum Gasteiger partial charge on any atom is -0.396 e. The Balaban J connectivity index is 1.58. The van der Waals surface area contributed by atoms with Crippen molar-refractivity contribution < 1.29 is 10.2 Å². The van der Waals surface area contributed by atoms with Crippen LogP contribution in [0.2, 0.25) is 0 Å². The number of hydrogen-bond acceptors (Lipinski definition) is 4. The SMILES string of the molecule is Cc1cc(C)n(CCN2C[C@@H]3[C@H](CO)C[C@H](CO)[C@@H]3C2)n1. The number of aromatic nitrogens is 2. The van der Waals surface area contributed by atoms with Crippen LogP contribution < -0.4 is 0 Å². The fourth-order valence-electron chi connectivity index (χ4n) is 4.42. The molecule has 1 aliphatic carbocycles. The zero-order valence-electron chi connectivity index (χ0n) is 13.1. The minimum atomic E-state index is 0.267. The van der Waals surface area contributed by atoms with Crippen molar-refractivity contribution in [1.82, 2.24) is 14.7 Å². The number of aliphatic hydroxyl groups excluding tert-OH is 2. The molecule has 4 atom stereocenters. The Kier molecular flexibility index (Phi) is 4.33. The molecule has 21 heavy (non-hydrogen) atoms. The van der Waals surface area contributed by atoms with Crippen molar-refractivity contribution in [3.8, 4) is 0 Å². The van der Waals surface area contributed by atoms with Gasteiger partial charge < -0.3 is 15.1 Å². The van der Waals surface area contributed by atoms with E-state index < -0.39 is 0 Å². The van der Waals surface area contributed by atoms with Crippen LogP contribution in [0.25, 0.3) is 0 Å². The quantitative estimate of drug-likeness (QED) is 0.837. The van der Waals surface area contributed by atoms with Gasteiger partial charge in [-0.3, -0.25) is 4.68 Å². The molecule has 0 radical (unpaired) electrons. The predicted molar refractivity (Wildman–Crippen MR) is 80.9 cm³/mol. The normalized spacial score (nSPS) is 32.8. The molecule has 2 heterocycles. The second kappa shape index (κ2) is 6.07. The van der Waals surface area contributed by atoms with Crippen molar-refractivity contribution >= 4 is 0 Å². The van der Waals surface area contributed by atoms with E-state index in [1.807, 2.05) is 6.92 Å². The van der Waals surface area contributed by atoms with E-state index in [0.29, 0.717) is 23.7 Å². The molecule has 118 valence electrons. The molecule has 5 nitrogen and oxygen atoms in total. The Morgan fingerprint density at radius 1 is 1.10 bits per heavy atom. The lowest BCUT2D eigenvalue weighted by Gasteiger charge is -2.20. The van der Waals surface area contributed by atoms with Gasteiger partial charge in [0.2, 0.25) is 0 Å². The van der Waals surface area contributed by atoms with Gasteiger partial charge in [-0.2, -0.15) is 5.10 Å². The van der Waals surface area contributed by atoms with Crippen LogP contribution in [-0.2, 0) is 6.54 Å². The molecule has 0 unspecified atom stereocenters. The Bertz CT molecular complexity index is 470. The van der Waals surface area contributed by atoms with Gasteiger partial charge in [0.05, 0.1) is 12.2 Å². The lowest BCUT2D eigenvalue weighted by molar-refractivity contribution is 0.167. The molecule has 1 aromatic heterocycles. The molecule has 0 amide bonds. The van der Waals surface area contributed by atoms with Gasteiger partial charge in [0.15, 0.2) is 0 Å². The highest BCUT2D eigenvalue weighted by atomic mass is 16.3. The lowest BCUT2D eigenvalue weighted by Crippen LogP contribution is -2.29. The van der Waals surface area contributed by atoms with Crippen LogP contribution >= 0.6 is 0 Å². The average Bonchev–Trinajstić information content (AvgIpc) is 3.09. The van der Waals surface area contributed by atoms with Gasteiger partial charge in [-0.05, 0) is 50.0 Å². The summed E-state index contributed by atoms with van der Waals surface area (Å²) in [6.07, 6.45) is 0.994. The second-order valence-corrected chi connectivity index (χ2v) is 6.86. The summed E-state index contributed by atoms with van der Waals surface area (Å²) in [5, 5.41) is 23.6. The van der Waals surface area contributed by atoms with E-state index in [1.165, 1.54) is 5.69 Å². The molecule has 1 saturated heterocycles. The van der Waals surface area contributed by atoms with E-state index in [1.54, 1.807) is 0 Å². The van der Waals surface area contributed by atoms with Crippen LogP contribution in [0.3, 0.4) is 0 Å². The second-order valence-electron chi connectivity index (χ2n) is 6.86. The molecule has 1 saturated carbocycles. The van der Waals surface area contributed by atoms with E-state index in [9.17, 15) is 10.2 Å². The van der Waals surface area contributed by atoms with Crippen molar-refractivity contribution in [3.63, 3.8) is 0 Å². The summed E-state index contributed by atoms with van der Waals surface area (Å²) in [5.74, 6) is 1.89. The van der Waals surface area contributed by atoms with Crippen LogP contribution in [0.1, 0.15) is 17.8 Å². The highest BCUT2D eigenvalue weighted by Gasteiger charge is 2.47. The van der Waals surface area contributed by atoms with Gasteiger partial charge in [-0.15, -0.1) is 0 Å². The zero-order valence-corrected chi connectivity index (χ0v) is 13.1. The highest BCUT2D eigenvalue weighted by molar-refractivity contribution is 5.06. The van der Waals surface area contributed by atoms with Gasteiger partial charge >= 0.3 is 0 Å². The van der Waals surface area contributed by atoms with Gasteiger partial charge in [0.25, 0.3) is 0 Å². The Morgan fingerprint density at radius 2 is 1.71 bits per heavy atom. The van der Waals surface area contributed by atoms with Gasteiger partial charge in [0, 0.05) is 38.5 Å². The van der Waals surface area contributed by atoms with Crippen molar-refractivity contribution in [2.75, 3.05) is 32.8 Å². The number of fused-ring (bicyclic) bond motifs is 1. The van der Waals surface area contributed by atoms with E-state index >= 15 is 0 Å². The first-order valence-corrected chi connectivity index (χ1v) is 8.07. The third-order valence-electron chi connectivity index (χ3n) is 5.50. The van der Waals surface area contributed by atoms with Crippen molar-refractivity contribution in [3.05, 3.63) is 17.5 Å². The molecule has 5 heteroatoms. The van der Waals surface area contributed by atoms with Crippen molar-refractivity contribution in [2.24, 2.45) is 23.7 Å². The fraction of sp³-hybridized carbons (Fsp3) is 0.812. The molecular formula is C16H27N3O2. The fourth-order valence-corrected chi connectivity index (χ4v) is 4.42. The summed E-state index contributed by atoms with van der Waals surface area (Å²) in [7, 11) is 0. The summed E-state index contributed by atoms with van der Waals surface area (Å²) >= 11 is 0. The third-order valence-corrected chi connectivity index (χ3v) is 5.50. The first-order valence-electron chi connectivity index (χ1n) is 8.07. The highest BCUT2D eigenvalue weighted by Crippen LogP contribution is 2.45. The van der Waals surface area contributed by atoms with E-state index in [-0.39, 0.29) is 13.2 Å². The molecular weight excluding hydrogens is 266 g/mol. The Morgan fingerprint density at radius 3 is 2.19 bits per heavy atom. The molecule has 3 rings (SSSR count). The van der Waals surface area contributed by atoms with E-state index in [4.69, 9.17) is 0 Å². The van der Waals surface area contributed by atoms with Crippen LogP contribution in [0.4, 0.5) is 0 Å². The van der Waals surface area contributed by atoms with Crippen molar-refractivity contribution in [1.29, 1.82) is 0 Å². The zero-order chi connectivity index (χ0) is 15.0. The van der Waals surface area contributed by atoms with Crippen LogP contribution in [0, 0.1) is 37.5 Å². The van der Waals surface area contributed by atoms with Gasteiger partial charge in [0.1, 0.15) is 0 Å². The third kappa shape index (κ3) is 2.87. The monoisotopic (exact) mass is 293 g/mol. The number of aryl methyl sites for hydroxylation is 2. The summed E-state index contributed by atoms with van der Waals surface area (Å²) in [6.45, 7) is 8.71. The standard InChI is InChI=1S/C16H27N3O2/c1-11-5-12(2)19(17-11)4-3-18-7-15-13(9-20)6-14(10-21)16(15)8-18/h5,13-16,20-21H,3-4,6-10H2,1-2H3/t13-,14+,15+,16-. The number of nitrogens with zero attached hydrogens (tertiary/aromatic N) is 3. The molecule has 0 aromatic carbocycles. The summed E-state index contributed by atoms with van der Waals surface area (Å²) < 4.78 is 2.08. The number of hydrogen-bond donors (Lipinski definition) is 2. The van der Waals surface area contributed by atoms with Crippen molar-refractivity contribution in [2.45, 2.75) is 26.8 Å². The molecule has 0 bridgehead atoms. The maximum atomic E-state index is 9.55. The van der Waals surface area contributed by atoms with Crippen LogP contribution in [0.15, 0.2) is 6.07 Å². The number of aliphatic hydroxyl groups is 2. The Labute approximate surface area is 126 Å². The van der Waals surface area contributed by atoms with Gasteiger partial charge in [-0.25, -0.2) is 0 Å². The summed E-state index contributed by atoms with van der Waals surface area (Å²) in [4.78, 5) is 2.48. The number of rotatable bonds is 5. The largest absolute Gasteiger partial charge is 0.396 e. The molecule has 2 N–H and O–H groups in total. The van der Waals surface area contributed by atoms with Gasteiger partial charge in [-0.1, -0.05) is 0 Å². The predicted octanol–water partition coefficient (Wildman–Crippen LogP) is 0.669.